The summed E-state index contributed by atoms with van der Waals surface area (Å²) in [6.45, 7) is 4.06. The molecule has 1 aromatic carbocycles. The molecule has 146 valence electrons. The Morgan fingerprint density at radius 2 is 1.48 bits per heavy atom. The van der Waals surface area contributed by atoms with E-state index in [1.165, 1.54) is 26.0 Å². The van der Waals surface area contributed by atoms with Crippen LogP contribution in [0.25, 0.3) is 5.70 Å². The van der Waals surface area contributed by atoms with E-state index >= 15 is 0 Å². The number of likely N-dealkylation sites (tertiary alicyclic amines) is 1. The molecule has 2 aliphatic rings. The van der Waals surface area contributed by atoms with Gasteiger partial charge in [0.05, 0.1) is 11.3 Å². The third-order valence-electron chi connectivity index (χ3n) is 4.48. The molecule has 27 heavy (non-hydrogen) atoms. The van der Waals surface area contributed by atoms with E-state index in [1.807, 2.05) is 4.90 Å². The van der Waals surface area contributed by atoms with Crippen molar-refractivity contribution < 1.29 is 32.2 Å². The molecule has 0 aliphatic carbocycles. The second-order valence-electron chi connectivity index (χ2n) is 7.03. The highest BCUT2D eigenvalue weighted by atomic mass is 19.4. The van der Waals surface area contributed by atoms with Gasteiger partial charge in [-0.1, -0.05) is 12.1 Å². The van der Waals surface area contributed by atoms with E-state index in [9.17, 15) is 22.8 Å². The normalized spacial score (nSPS) is 20.2. The Bertz CT molecular complexity index is 753. The smallest absolute Gasteiger partial charge is 0.416 e. The van der Waals surface area contributed by atoms with E-state index in [1.54, 1.807) is 0 Å². The summed E-state index contributed by atoms with van der Waals surface area (Å²) in [6.07, 6.45) is -1.75. The van der Waals surface area contributed by atoms with Crippen molar-refractivity contribution in [2.24, 2.45) is 0 Å². The number of alkyl halides is 3. The number of esters is 2. The van der Waals surface area contributed by atoms with E-state index in [2.05, 4.69) is 0 Å². The molecule has 8 heteroatoms. The molecule has 2 heterocycles. The van der Waals surface area contributed by atoms with Gasteiger partial charge in [0.15, 0.2) is 5.57 Å². The third kappa shape index (κ3) is 4.09. The highest BCUT2D eigenvalue weighted by Crippen LogP contribution is 2.35. The first-order valence-corrected chi connectivity index (χ1v) is 8.72. The molecule has 2 saturated heterocycles. The second kappa shape index (κ2) is 6.90. The van der Waals surface area contributed by atoms with Gasteiger partial charge in [0.2, 0.25) is 0 Å². The molecule has 2 aliphatic heterocycles. The van der Waals surface area contributed by atoms with Crippen LogP contribution >= 0.6 is 0 Å². The summed E-state index contributed by atoms with van der Waals surface area (Å²) in [5, 5.41) is 0. The highest BCUT2D eigenvalue weighted by Gasteiger charge is 2.42. The summed E-state index contributed by atoms with van der Waals surface area (Å²) in [7, 11) is 0. The third-order valence-corrected chi connectivity index (χ3v) is 4.48. The molecule has 0 bridgehead atoms. The number of carbonyl (C=O) groups is 2. The molecule has 0 unspecified atom stereocenters. The molecule has 0 spiro atoms. The molecular formula is C19H20F3NO4. The summed E-state index contributed by atoms with van der Waals surface area (Å²) in [4.78, 5) is 26.9. The molecule has 0 N–H and O–H groups in total. The van der Waals surface area contributed by atoms with Crippen molar-refractivity contribution in [1.82, 2.24) is 4.90 Å². The van der Waals surface area contributed by atoms with E-state index < -0.39 is 29.5 Å². The van der Waals surface area contributed by atoms with Crippen LogP contribution in [0.5, 0.6) is 0 Å². The van der Waals surface area contributed by atoms with Crippen LogP contribution in [0.15, 0.2) is 29.8 Å². The summed E-state index contributed by atoms with van der Waals surface area (Å²) in [5.41, 5.74) is -0.484. The number of hydrogen-bond acceptors (Lipinski definition) is 5. The van der Waals surface area contributed by atoms with Crippen LogP contribution < -0.4 is 0 Å². The van der Waals surface area contributed by atoms with Crippen LogP contribution in [0.1, 0.15) is 44.2 Å². The molecule has 5 nitrogen and oxygen atoms in total. The lowest BCUT2D eigenvalue weighted by atomic mass is 10.00. The minimum absolute atomic E-state index is 0.258. The Labute approximate surface area is 154 Å². The second-order valence-corrected chi connectivity index (χ2v) is 7.03. The largest absolute Gasteiger partial charge is 0.419 e. The van der Waals surface area contributed by atoms with Gasteiger partial charge in [0.25, 0.3) is 5.79 Å². The van der Waals surface area contributed by atoms with Crippen molar-refractivity contribution in [3.8, 4) is 0 Å². The number of rotatable bonds is 2. The maximum absolute atomic E-state index is 12.9. The van der Waals surface area contributed by atoms with Crippen LogP contribution in [0, 0.1) is 0 Å². The number of hydrogen-bond donors (Lipinski definition) is 0. The summed E-state index contributed by atoms with van der Waals surface area (Å²) < 4.78 is 49.0. The van der Waals surface area contributed by atoms with E-state index in [0.29, 0.717) is 18.7 Å². The Kier molecular flexibility index (Phi) is 4.92. The van der Waals surface area contributed by atoms with Crippen LogP contribution in [-0.4, -0.2) is 35.7 Å². The van der Waals surface area contributed by atoms with E-state index in [0.717, 1.165) is 31.4 Å². The molecular weight excluding hydrogens is 363 g/mol. The summed E-state index contributed by atoms with van der Waals surface area (Å²) in [6, 6.07) is 4.40. The number of nitrogens with zero attached hydrogens (tertiary/aromatic N) is 1. The van der Waals surface area contributed by atoms with Crippen molar-refractivity contribution >= 4 is 17.6 Å². The zero-order valence-electron chi connectivity index (χ0n) is 15.1. The lowest BCUT2D eigenvalue weighted by Gasteiger charge is -2.35. The van der Waals surface area contributed by atoms with Gasteiger partial charge in [0.1, 0.15) is 0 Å². The van der Waals surface area contributed by atoms with Gasteiger partial charge in [-0.25, -0.2) is 9.59 Å². The topological polar surface area (TPSA) is 55.8 Å². The zero-order valence-corrected chi connectivity index (χ0v) is 15.1. The molecule has 0 radical (unpaired) electrons. The fraction of sp³-hybridized carbons (Fsp3) is 0.474. The minimum atomic E-state index is -4.47. The average molecular weight is 383 g/mol. The zero-order chi connectivity index (χ0) is 19.8. The van der Waals surface area contributed by atoms with Crippen LogP contribution in [0.4, 0.5) is 13.2 Å². The minimum Gasteiger partial charge on any atom is -0.419 e. The van der Waals surface area contributed by atoms with Crippen molar-refractivity contribution in [2.75, 3.05) is 13.1 Å². The average Bonchev–Trinajstić information content (AvgIpc) is 2.57. The van der Waals surface area contributed by atoms with Crippen LogP contribution in [-0.2, 0) is 25.2 Å². The fourth-order valence-electron chi connectivity index (χ4n) is 3.27. The molecule has 0 amide bonds. The Balaban J connectivity index is 2.09. The summed E-state index contributed by atoms with van der Waals surface area (Å²) >= 11 is 0. The van der Waals surface area contributed by atoms with Gasteiger partial charge in [-0.2, -0.15) is 13.2 Å². The quantitative estimate of drug-likeness (QED) is 0.442. The monoisotopic (exact) mass is 383 g/mol. The van der Waals surface area contributed by atoms with Crippen LogP contribution in [0.3, 0.4) is 0 Å². The van der Waals surface area contributed by atoms with Gasteiger partial charge in [0, 0.05) is 26.9 Å². The number of ether oxygens (including phenoxy) is 2. The van der Waals surface area contributed by atoms with Crippen molar-refractivity contribution in [1.29, 1.82) is 0 Å². The Hall–Kier alpha value is -2.51. The Morgan fingerprint density at radius 3 is 1.96 bits per heavy atom. The number of cyclic esters (lactones) is 2. The lowest BCUT2D eigenvalue weighted by Crippen LogP contribution is -2.43. The standard InChI is InChI=1S/C19H20F3NO4/c1-18(2)26-16(24)14(17(25)27-18)15(23-10-4-3-5-11-23)12-6-8-13(9-7-12)19(20,21)22/h6-9H,3-5,10-11H2,1-2H3. The number of carbonyl (C=O) groups excluding carboxylic acids is 2. The molecule has 0 aromatic heterocycles. The predicted octanol–water partition coefficient (Wildman–Crippen LogP) is 3.74. The lowest BCUT2D eigenvalue weighted by molar-refractivity contribution is -0.222. The Morgan fingerprint density at radius 1 is 0.963 bits per heavy atom. The molecule has 0 atom stereocenters. The van der Waals surface area contributed by atoms with Gasteiger partial charge in [-0.15, -0.1) is 0 Å². The van der Waals surface area contributed by atoms with Gasteiger partial charge in [-0.05, 0) is 37.0 Å². The van der Waals surface area contributed by atoms with E-state index in [-0.39, 0.29) is 11.3 Å². The maximum atomic E-state index is 12.9. The number of halogens is 3. The first-order valence-electron chi connectivity index (χ1n) is 8.72. The van der Waals surface area contributed by atoms with Crippen molar-refractivity contribution in [3.05, 3.63) is 41.0 Å². The number of benzene rings is 1. The number of piperidine rings is 1. The summed E-state index contributed by atoms with van der Waals surface area (Å²) in [5.74, 6) is -3.06. The van der Waals surface area contributed by atoms with Gasteiger partial charge < -0.3 is 14.4 Å². The maximum Gasteiger partial charge on any atom is 0.416 e. The fourth-order valence-corrected chi connectivity index (χ4v) is 3.27. The first-order chi connectivity index (χ1) is 12.6. The highest BCUT2D eigenvalue weighted by molar-refractivity contribution is 6.20. The molecule has 0 saturated carbocycles. The van der Waals surface area contributed by atoms with E-state index in [4.69, 9.17) is 9.47 Å². The molecule has 3 rings (SSSR count). The molecule has 1 aromatic rings. The van der Waals surface area contributed by atoms with Gasteiger partial charge >= 0.3 is 18.1 Å². The first kappa shape index (κ1) is 19.3. The predicted molar refractivity (Wildman–Crippen MR) is 90.1 cm³/mol. The van der Waals surface area contributed by atoms with Crippen molar-refractivity contribution in [3.63, 3.8) is 0 Å². The van der Waals surface area contributed by atoms with Crippen molar-refractivity contribution in [2.45, 2.75) is 45.1 Å². The van der Waals surface area contributed by atoms with Crippen LogP contribution in [0.2, 0.25) is 0 Å². The molecule has 2 fully saturated rings. The van der Waals surface area contributed by atoms with Gasteiger partial charge in [-0.3, -0.25) is 0 Å². The SMILES string of the molecule is CC1(C)OC(=O)C(=C(c2ccc(C(F)(F)F)cc2)N2CCCCC2)C(=O)O1.